The zero-order chi connectivity index (χ0) is 25.4. The third-order valence-electron chi connectivity index (χ3n) is 7.14. The van der Waals surface area contributed by atoms with E-state index in [0.29, 0.717) is 23.8 Å². The van der Waals surface area contributed by atoms with E-state index in [1.165, 1.54) is 22.5 Å². The molecule has 6 rings (SSSR count). The number of nitrogens with one attached hydrogen (secondary N) is 1. The van der Waals surface area contributed by atoms with Crippen LogP contribution in [-0.2, 0) is 24.2 Å². The van der Waals surface area contributed by atoms with Gasteiger partial charge in [-0.25, -0.2) is 4.98 Å². The van der Waals surface area contributed by atoms with E-state index < -0.39 is 0 Å². The fraction of sp³-hybridized carbons (Fsp3) is 0.233. The van der Waals surface area contributed by atoms with Crippen molar-refractivity contribution in [3.63, 3.8) is 0 Å². The number of benzene rings is 3. The summed E-state index contributed by atoms with van der Waals surface area (Å²) in [5.74, 6) is -0.0122. The molecule has 1 N–H and O–H groups in total. The first-order valence-electron chi connectivity index (χ1n) is 12.6. The number of fused-ring (bicyclic) bond motifs is 2. The lowest BCUT2D eigenvalue weighted by atomic mass is 10.00. The average Bonchev–Trinajstić information content (AvgIpc) is 3.55. The molecule has 0 atom stereocenters. The fourth-order valence-electron chi connectivity index (χ4n) is 5.14. The van der Waals surface area contributed by atoms with Crippen LogP contribution in [0.4, 0.5) is 10.8 Å². The van der Waals surface area contributed by atoms with E-state index in [4.69, 9.17) is 0 Å². The Hall–Kier alpha value is -3.81. The summed E-state index contributed by atoms with van der Waals surface area (Å²) < 4.78 is 0. The zero-order valence-electron chi connectivity index (χ0n) is 20.7. The Labute approximate surface area is 220 Å². The van der Waals surface area contributed by atoms with Crippen molar-refractivity contribution in [3.05, 3.63) is 99.9 Å². The summed E-state index contributed by atoms with van der Waals surface area (Å²) in [6.45, 7) is 4.72. The quantitative estimate of drug-likeness (QED) is 0.396. The number of anilines is 2. The van der Waals surface area contributed by atoms with E-state index in [1.54, 1.807) is 0 Å². The van der Waals surface area contributed by atoms with Crippen molar-refractivity contribution in [1.82, 2.24) is 9.88 Å². The molecule has 0 fully saturated rings. The van der Waals surface area contributed by atoms with Crippen LogP contribution in [0.2, 0.25) is 0 Å². The number of amides is 2. The predicted octanol–water partition coefficient (Wildman–Crippen LogP) is 5.32. The minimum absolute atomic E-state index is 0.0300. The summed E-state index contributed by atoms with van der Waals surface area (Å²) in [5.41, 5.74) is 8.44. The van der Waals surface area contributed by atoms with Crippen LogP contribution in [0.25, 0.3) is 11.3 Å². The van der Waals surface area contributed by atoms with Crippen molar-refractivity contribution in [2.45, 2.75) is 26.3 Å². The molecule has 0 radical (unpaired) electrons. The van der Waals surface area contributed by atoms with Crippen molar-refractivity contribution < 1.29 is 9.59 Å². The van der Waals surface area contributed by atoms with Crippen molar-refractivity contribution in [2.75, 3.05) is 29.9 Å². The maximum atomic E-state index is 13.1. The predicted molar refractivity (Wildman–Crippen MR) is 148 cm³/mol. The number of carbonyl (C=O) groups is 2. The molecule has 2 amide bonds. The lowest BCUT2D eigenvalue weighted by Gasteiger charge is -2.27. The highest BCUT2D eigenvalue weighted by atomic mass is 32.1. The Morgan fingerprint density at radius 1 is 0.946 bits per heavy atom. The standard InChI is InChI=1S/C30H28N4O2S/c1-20-6-8-22(9-7-20)29(36)34-15-13-24-16-23(10-11-27(24)34)26-19-37-30(31-26)32-28(35)18-33-14-12-21-4-2-3-5-25(21)17-33/h2-11,16,19H,12-15,17-18H2,1H3,(H,31,32,35). The normalized spacial score (nSPS) is 14.8. The molecular weight excluding hydrogens is 480 g/mol. The Balaban J connectivity index is 1.10. The van der Waals surface area contributed by atoms with Crippen LogP contribution in [0.3, 0.4) is 0 Å². The van der Waals surface area contributed by atoms with Gasteiger partial charge >= 0.3 is 0 Å². The average molecular weight is 509 g/mol. The van der Waals surface area contributed by atoms with Crippen LogP contribution >= 0.6 is 11.3 Å². The van der Waals surface area contributed by atoms with Gasteiger partial charge in [-0.3, -0.25) is 14.5 Å². The molecule has 0 spiro atoms. The van der Waals surface area contributed by atoms with Gasteiger partial charge < -0.3 is 10.2 Å². The third-order valence-corrected chi connectivity index (χ3v) is 7.90. The number of thiazole rings is 1. The number of hydrogen-bond donors (Lipinski definition) is 1. The van der Waals surface area contributed by atoms with Crippen molar-refractivity contribution in [3.8, 4) is 11.3 Å². The van der Waals surface area contributed by atoms with Crippen LogP contribution in [0.15, 0.2) is 72.1 Å². The fourth-order valence-corrected chi connectivity index (χ4v) is 5.87. The van der Waals surface area contributed by atoms with Crippen LogP contribution in [-0.4, -0.2) is 41.3 Å². The van der Waals surface area contributed by atoms with Gasteiger partial charge in [-0.1, -0.05) is 48.0 Å². The maximum absolute atomic E-state index is 13.1. The molecule has 0 unspecified atom stereocenters. The van der Waals surface area contributed by atoms with Gasteiger partial charge in [-0.15, -0.1) is 11.3 Å². The smallest absolute Gasteiger partial charge is 0.258 e. The maximum Gasteiger partial charge on any atom is 0.258 e. The van der Waals surface area contributed by atoms with Gasteiger partial charge in [0.1, 0.15) is 0 Å². The van der Waals surface area contributed by atoms with Gasteiger partial charge in [-0.2, -0.15) is 0 Å². The first-order chi connectivity index (χ1) is 18.0. The molecule has 7 heteroatoms. The van der Waals surface area contributed by atoms with Crippen molar-refractivity contribution in [2.24, 2.45) is 0 Å². The van der Waals surface area contributed by atoms with E-state index in [2.05, 4.69) is 45.5 Å². The molecule has 2 aliphatic rings. The number of carbonyl (C=O) groups excluding carboxylic acids is 2. The summed E-state index contributed by atoms with van der Waals surface area (Å²) in [5, 5.41) is 5.55. The molecule has 4 aromatic rings. The van der Waals surface area contributed by atoms with E-state index >= 15 is 0 Å². The number of rotatable bonds is 5. The zero-order valence-corrected chi connectivity index (χ0v) is 21.6. The van der Waals surface area contributed by atoms with E-state index in [0.717, 1.165) is 54.0 Å². The summed E-state index contributed by atoms with van der Waals surface area (Å²) in [7, 11) is 0. The molecule has 6 nitrogen and oxygen atoms in total. The van der Waals surface area contributed by atoms with Crippen LogP contribution < -0.4 is 10.2 Å². The highest BCUT2D eigenvalue weighted by Gasteiger charge is 2.26. The van der Waals surface area contributed by atoms with Gasteiger partial charge in [0.25, 0.3) is 5.91 Å². The monoisotopic (exact) mass is 508 g/mol. The molecule has 2 aliphatic heterocycles. The van der Waals surface area contributed by atoms with Gasteiger partial charge in [0.2, 0.25) is 5.91 Å². The first-order valence-corrected chi connectivity index (χ1v) is 13.5. The third kappa shape index (κ3) is 4.92. The molecule has 37 heavy (non-hydrogen) atoms. The van der Waals surface area contributed by atoms with Gasteiger partial charge in [-0.05, 0) is 60.7 Å². The minimum Gasteiger partial charge on any atom is -0.308 e. The Kier molecular flexibility index (Phi) is 6.32. The summed E-state index contributed by atoms with van der Waals surface area (Å²) >= 11 is 1.43. The molecule has 3 aromatic carbocycles. The number of aryl methyl sites for hydroxylation is 1. The molecule has 0 saturated carbocycles. The molecule has 186 valence electrons. The summed E-state index contributed by atoms with van der Waals surface area (Å²) in [4.78, 5) is 34.5. The van der Waals surface area contributed by atoms with Gasteiger partial charge in [0.15, 0.2) is 5.13 Å². The highest BCUT2D eigenvalue weighted by molar-refractivity contribution is 7.14. The molecule has 0 aliphatic carbocycles. The Bertz CT molecular complexity index is 1480. The lowest BCUT2D eigenvalue weighted by molar-refractivity contribution is -0.117. The lowest BCUT2D eigenvalue weighted by Crippen LogP contribution is -2.37. The second-order valence-corrected chi connectivity index (χ2v) is 10.6. The SMILES string of the molecule is Cc1ccc(C(=O)N2CCc3cc(-c4csc(NC(=O)CN5CCc6ccccc6C5)n4)ccc32)cc1. The molecule has 0 saturated heterocycles. The largest absolute Gasteiger partial charge is 0.308 e. The Morgan fingerprint density at radius 2 is 1.73 bits per heavy atom. The first kappa shape index (κ1) is 23.6. The van der Waals surface area contributed by atoms with Crippen molar-refractivity contribution >= 4 is 34.0 Å². The van der Waals surface area contributed by atoms with Gasteiger partial charge in [0.05, 0.1) is 12.2 Å². The molecule has 0 bridgehead atoms. The summed E-state index contributed by atoms with van der Waals surface area (Å²) in [6, 6.07) is 22.3. The Morgan fingerprint density at radius 3 is 2.57 bits per heavy atom. The van der Waals surface area contributed by atoms with E-state index in [1.807, 2.05) is 53.6 Å². The van der Waals surface area contributed by atoms with E-state index in [9.17, 15) is 9.59 Å². The number of nitrogens with zero attached hydrogens (tertiary/aromatic N) is 3. The highest BCUT2D eigenvalue weighted by Crippen LogP contribution is 2.34. The van der Waals surface area contributed by atoms with Crippen LogP contribution in [0, 0.1) is 6.92 Å². The number of hydrogen-bond acceptors (Lipinski definition) is 5. The van der Waals surface area contributed by atoms with Crippen LogP contribution in [0.1, 0.15) is 32.6 Å². The van der Waals surface area contributed by atoms with Crippen LogP contribution in [0.5, 0.6) is 0 Å². The van der Waals surface area contributed by atoms with Gasteiger partial charge in [0, 0.05) is 41.8 Å². The van der Waals surface area contributed by atoms with E-state index in [-0.39, 0.29) is 11.8 Å². The molecule has 3 heterocycles. The summed E-state index contributed by atoms with van der Waals surface area (Å²) in [6.07, 6.45) is 1.78. The topological polar surface area (TPSA) is 65.5 Å². The molecule has 1 aromatic heterocycles. The molecular formula is C30H28N4O2S. The second-order valence-electron chi connectivity index (χ2n) is 9.73. The van der Waals surface area contributed by atoms with Crippen molar-refractivity contribution in [1.29, 1.82) is 0 Å². The minimum atomic E-state index is -0.0421. The second kappa shape index (κ2) is 9.92. The number of aromatic nitrogens is 1.